The van der Waals surface area contributed by atoms with E-state index in [1.165, 1.54) is 26.0 Å². The first-order valence-electron chi connectivity index (χ1n) is 7.15. The minimum absolute atomic E-state index is 0.171. The monoisotopic (exact) mass is 386 g/mol. The third-order valence-corrected chi connectivity index (χ3v) is 4.15. The second-order valence-electron chi connectivity index (χ2n) is 5.75. The molecule has 0 bridgehead atoms. The molecule has 0 saturated heterocycles. The number of nitrogens with one attached hydrogen (secondary N) is 2. The maximum atomic E-state index is 13.7. The van der Waals surface area contributed by atoms with Crippen molar-refractivity contribution in [3.05, 3.63) is 58.1 Å². The maximum Gasteiger partial charge on any atom is 0.239 e. The number of rotatable bonds is 4. The number of para-hydroxylation sites is 1. The summed E-state index contributed by atoms with van der Waals surface area (Å²) >= 11 is 12.0. The van der Waals surface area contributed by atoms with Crippen LogP contribution in [0.1, 0.15) is 13.8 Å². The lowest BCUT2D eigenvalue weighted by Crippen LogP contribution is -2.41. The summed E-state index contributed by atoms with van der Waals surface area (Å²) in [6.45, 7) is 2.70. The molecule has 2 aromatic carbocycles. The molecular formula is C17H14Cl2F2N2O2. The van der Waals surface area contributed by atoms with Gasteiger partial charge in [0, 0.05) is 6.07 Å². The summed E-state index contributed by atoms with van der Waals surface area (Å²) in [4.78, 5) is 24.8. The van der Waals surface area contributed by atoms with E-state index in [0.717, 1.165) is 12.1 Å². The van der Waals surface area contributed by atoms with E-state index in [0.29, 0.717) is 6.07 Å². The number of anilines is 2. The van der Waals surface area contributed by atoms with Gasteiger partial charge in [-0.15, -0.1) is 0 Å². The molecule has 2 amide bonds. The summed E-state index contributed by atoms with van der Waals surface area (Å²) in [5.74, 6) is -3.19. The van der Waals surface area contributed by atoms with Crippen molar-refractivity contribution in [1.82, 2.24) is 0 Å². The summed E-state index contributed by atoms with van der Waals surface area (Å²) in [7, 11) is 0. The Morgan fingerprint density at radius 3 is 2.08 bits per heavy atom. The molecule has 0 aliphatic heterocycles. The predicted octanol–water partition coefficient (Wildman–Crippen LogP) is 4.88. The van der Waals surface area contributed by atoms with Crippen LogP contribution in [0.5, 0.6) is 0 Å². The number of carbonyl (C=O) groups is 2. The normalized spacial score (nSPS) is 11.1. The van der Waals surface area contributed by atoms with Gasteiger partial charge in [-0.3, -0.25) is 9.59 Å². The highest BCUT2D eigenvalue weighted by Gasteiger charge is 2.37. The average Bonchev–Trinajstić information content (AvgIpc) is 2.53. The second kappa shape index (κ2) is 7.37. The molecule has 2 rings (SSSR count). The molecule has 0 aromatic heterocycles. The first kappa shape index (κ1) is 19.1. The van der Waals surface area contributed by atoms with E-state index < -0.39 is 28.9 Å². The molecule has 4 nitrogen and oxygen atoms in total. The van der Waals surface area contributed by atoms with E-state index in [1.807, 2.05) is 0 Å². The third-order valence-electron chi connectivity index (χ3n) is 3.52. The van der Waals surface area contributed by atoms with Crippen LogP contribution in [-0.2, 0) is 9.59 Å². The Balaban J connectivity index is 2.18. The molecule has 8 heteroatoms. The Morgan fingerprint density at radius 1 is 0.960 bits per heavy atom. The molecule has 0 heterocycles. The fourth-order valence-corrected chi connectivity index (χ4v) is 2.35. The molecular weight excluding hydrogens is 373 g/mol. The van der Waals surface area contributed by atoms with E-state index >= 15 is 0 Å². The molecule has 0 spiro atoms. The van der Waals surface area contributed by atoms with Crippen LogP contribution in [-0.4, -0.2) is 11.8 Å². The van der Waals surface area contributed by atoms with Crippen molar-refractivity contribution in [3.8, 4) is 0 Å². The quantitative estimate of drug-likeness (QED) is 0.735. The topological polar surface area (TPSA) is 58.2 Å². The zero-order valence-electron chi connectivity index (χ0n) is 13.3. The largest absolute Gasteiger partial charge is 0.323 e. The molecule has 0 radical (unpaired) electrons. The van der Waals surface area contributed by atoms with Crippen molar-refractivity contribution in [3.63, 3.8) is 0 Å². The van der Waals surface area contributed by atoms with E-state index in [2.05, 4.69) is 10.6 Å². The lowest BCUT2D eigenvalue weighted by molar-refractivity contribution is -0.135. The molecule has 0 fully saturated rings. The number of amides is 2. The summed E-state index contributed by atoms with van der Waals surface area (Å²) in [5.41, 5.74) is -1.64. The summed E-state index contributed by atoms with van der Waals surface area (Å²) in [6.07, 6.45) is 0. The summed E-state index contributed by atoms with van der Waals surface area (Å²) < 4.78 is 26.6. The van der Waals surface area contributed by atoms with Gasteiger partial charge in [-0.1, -0.05) is 29.3 Å². The third kappa shape index (κ3) is 4.27. The van der Waals surface area contributed by atoms with Crippen LogP contribution in [0.4, 0.5) is 20.2 Å². The minimum Gasteiger partial charge on any atom is -0.323 e. The van der Waals surface area contributed by atoms with E-state index in [4.69, 9.17) is 23.2 Å². The van der Waals surface area contributed by atoms with Gasteiger partial charge in [0.05, 0.1) is 21.4 Å². The molecule has 2 N–H and O–H groups in total. The molecule has 0 atom stereocenters. The van der Waals surface area contributed by atoms with Crippen LogP contribution in [0.25, 0.3) is 0 Å². The van der Waals surface area contributed by atoms with Crippen molar-refractivity contribution < 1.29 is 18.4 Å². The standard InChI is InChI=1S/C17H14Cl2F2N2O2/c1-17(2,15(24)22-13-7-6-9(20)8-12(13)21)16(25)23-14-10(18)4-3-5-11(14)19/h3-8H,1-2H3,(H,22,24)(H,23,25). The van der Waals surface area contributed by atoms with Gasteiger partial charge in [-0.2, -0.15) is 0 Å². The van der Waals surface area contributed by atoms with Crippen molar-refractivity contribution in [2.75, 3.05) is 10.6 Å². The fourth-order valence-electron chi connectivity index (χ4n) is 1.86. The number of hydrogen-bond acceptors (Lipinski definition) is 2. The first-order valence-corrected chi connectivity index (χ1v) is 7.90. The molecule has 0 aliphatic carbocycles. The Bertz CT molecular complexity index is 821. The average molecular weight is 387 g/mol. The van der Waals surface area contributed by atoms with Crippen LogP contribution in [0.2, 0.25) is 10.0 Å². The minimum atomic E-state index is -1.58. The van der Waals surface area contributed by atoms with Crippen LogP contribution in [0, 0.1) is 17.0 Å². The van der Waals surface area contributed by atoms with Gasteiger partial charge in [0.1, 0.15) is 17.0 Å². The van der Waals surface area contributed by atoms with Crippen molar-refractivity contribution in [1.29, 1.82) is 0 Å². The van der Waals surface area contributed by atoms with Gasteiger partial charge >= 0.3 is 0 Å². The second-order valence-corrected chi connectivity index (χ2v) is 6.57. The molecule has 132 valence electrons. The number of benzene rings is 2. The van der Waals surface area contributed by atoms with E-state index in [1.54, 1.807) is 6.07 Å². The van der Waals surface area contributed by atoms with Gasteiger partial charge in [-0.05, 0) is 38.1 Å². The smallest absolute Gasteiger partial charge is 0.239 e. The Hall–Kier alpha value is -2.18. The van der Waals surface area contributed by atoms with Crippen LogP contribution in [0.3, 0.4) is 0 Å². The van der Waals surface area contributed by atoms with E-state index in [-0.39, 0.29) is 21.4 Å². The lowest BCUT2D eigenvalue weighted by atomic mass is 9.90. The first-order chi connectivity index (χ1) is 11.6. The van der Waals surface area contributed by atoms with Crippen LogP contribution >= 0.6 is 23.2 Å². The zero-order chi connectivity index (χ0) is 18.8. The maximum absolute atomic E-state index is 13.7. The Labute approximate surface area is 153 Å². The highest BCUT2D eigenvalue weighted by atomic mass is 35.5. The van der Waals surface area contributed by atoms with Crippen molar-refractivity contribution in [2.24, 2.45) is 5.41 Å². The molecule has 0 unspecified atom stereocenters. The van der Waals surface area contributed by atoms with Crippen molar-refractivity contribution in [2.45, 2.75) is 13.8 Å². The van der Waals surface area contributed by atoms with Crippen LogP contribution in [0.15, 0.2) is 36.4 Å². The SMILES string of the molecule is CC(C)(C(=O)Nc1ccc(F)cc1F)C(=O)Nc1c(Cl)cccc1Cl. The molecule has 0 aliphatic rings. The van der Waals surface area contributed by atoms with Crippen LogP contribution < -0.4 is 10.6 Å². The zero-order valence-corrected chi connectivity index (χ0v) is 14.8. The summed E-state index contributed by atoms with van der Waals surface area (Å²) in [6, 6.07) is 7.37. The summed E-state index contributed by atoms with van der Waals surface area (Å²) in [5, 5.41) is 5.18. The Morgan fingerprint density at radius 2 is 1.52 bits per heavy atom. The predicted molar refractivity (Wildman–Crippen MR) is 93.9 cm³/mol. The molecule has 25 heavy (non-hydrogen) atoms. The molecule has 2 aromatic rings. The van der Waals surface area contributed by atoms with E-state index in [9.17, 15) is 18.4 Å². The number of halogens is 4. The fraction of sp³-hybridized carbons (Fsp3) is 0.176. The highest BCUT2D eigenvalue weighted by molar-refractivity contribution is 6.40. The Kier molecular flexibility index (Phi) is 5.65. The lowest BCUT2D eigenvalue weighted by Gasteiger charge is -2.23. The highest BCUT2D eigenvalue weighted by Crippen LogP contribution is 2.32. The van der Waals surface area contributed by atoms with Gasteiger partial charge in [-0.25, -0.2) is 8.78 Å². The van der Waals surface area contributed by atoms with Gasteiger partial charge in [0.2, 0.25) is 11.8 Å². The molecule has 0 saturated carbocycles. The number of hydrogen-bond donors (Lipinski definition) is 2. The van der Waals surface area contributed by atoms with Crippen molar-refractivity contribution >= 4 is 46.4 Å². The van der Waals surface area contributed by atoms with Gasteiger partial charge in [0.15, 0.2) is 0 Å². The van der Waals surface area contributed by atoms with Gasteiger partial charge < -0.3 is 10.6 Å². The number of carbonyl (C=O) groups excluding carboxylic acids is 2. The van der Waals surface area contributed by atoms with Gasteiger partial charge in [0.25, 0.3) is 0 Å².